The SMILES string of the molecule is C=C(CCCC)C(=O)[O-].C=C(CCCC)C(=O)[O-].C=C(CCCC)C(=O)[O-].[C]=O.[C]=O.[C]=O.[C]=O.[Fe+3]. The fourth-order valence-electron chi connectivity index (χ4n) is 1.48. The first-order chi connectivity index (χ1) is 16.5. The molecule has 10 nitrogen and oxygen atoms in total. The quantitative estimate of drug-likeness (QED) is 0.234. The van der Waals surface area contributed by atoms with Crippen molar-refractivity contribution >= 4 is 45.1 Å². The maximum atomic E-state index is 9.99. The summed E-state index contributed by atoms with van der Waals surface area (Å²) in [4.78, 5) is 60.0. The topological polar surface area (TPSA) is 189 Å². The zero-order chi connectivity index (χ0) is 29.8. The second-order valence-electron chi connectivity index (χ2n) is 5.98. The van der Waals surface area contributed by atoms with Crippen LogP contribution in [0.5, 0.6) is 0 Å². The fourth-order valence-corrected chi connectivity index (χ4v) is 1.48. The zero-order valence-corrected chi connectivity index (χ0v) is 22.0. The fraction of sp³-hybridized carbons (Fsp3) is 0.480. The molecule has 0 spiro atoms. The van der Waals surface area contributed by atoms with Crippen molar-refractivity contribution in [2.75, 3.05) is 0 Å². The number of carbonyl (C=O) groups excluding carboxylic acids is 7. The van der Waals surface area contributed by atoms with E-state index in [2.05, 4.69) is 46.9 Å². The third-order valence-corrected chi connectivity index (χ3v) is 3.36. The Morgan fingerprint density at radius 1 is 0.500 bits per heavy atom. The summed E-state index contributed by atoms with van der Waals surface area (Å²) in [7, 11) is 0. The largest absolute Gasteiger partial charge is 3.00 e. The Hall–Kier alpha value is -3.17. The molecule has 0 unspecified atom stereocenters. The van der Waals surface area contributed by atoms with Gasteiger partial charge in [0.25, 0.3) is 27.2 Å². The number of aliphatic carboxylic acids is 3. The molecule has 0 heterocycles. The van der Waals surface area contributed by atoms with Crippen LogP contribution in [0.15, 0.2) is 36.5 Å². The molecule has 0 saturated carbocycles. The number of carbonyl (C=O) groups is 3. The van der Waals surface area contributed by atoms with Crippen molar-refractivity contribution in [1.82, 2.24) is 0 Å². The predicted molar refractivity (Wildman–Crippen MR) is 124 cm³/mol. The van der Waals surface area contributed by atoms with Gasteiger partial charge >= 0.3 is 17.1 Å². The van der Waals surface area contributed by atoms with Crippen molar-refractivity contribution < 1.29 is 66.0 Å². The molecule has 0 fully saturated rings. The maximum Gasteiger partial charge on any atom is 3.00 e. The van der Waals surface area contributed by atoms with Crippen LogP contribution in [-0.4, -0.2) is 45.1 Å². The van der Waals surface area contributed by atoms with E-state index < -0.39 is 17.9 Å². The van der Waals surface area contributed by atoms with Crippen LogP contribution in [0.25, 0.3) is 0 Å². The number of carboxylic acid groups (broad SMARTS) is 3. The molecule has 0 aromatic rings. The molecule has 0 bridgehead atoms. The number of unbranched alkanes of at least 4 members (excludes halogenated alkanes) is 3. The summed E-state index contributed by atoms with van der Waals surface area (Å²) >= 11 is 0. The average Bonchev–Trinajstić information content (AvgIpc) is 2.89. The van der Waals surface area contributed by atoms with Crippen LogP contribution >= 0.6 is 0 Å². The average molecular weight is 549 g/mol. The van der Waals surface area contributed by atoms with Gasteiger partial charge in [-0.3, -0.25) is 19.2 Å². The van der Waals surface area contributed by atoms with Crippen molar-refractivity contribution in [3.63, 3.8) is 0 Å². The van der Waals surface area contributed by atoms with Gasteiger partial charge in [0, 0.05) is 0 Å². The van der Waals surface area contributed by atoms with Gasteiger partial charge in [0.15, 0.2) is 0 Å². The van der Waals surface area contributed by atoms with E-state index in [1.807, 2.05) is 20.8 Å². The Kier molecular flexibility index (Phi) is 79.8. The van der Waals surface area contributed by atoms with Crippen molar-refractivity contribution in [2.24, 2.45) is 0 Å². The molecular formula is C25H33FeO10. The second kappa shape index (κ2) is 53.3. The van der Waals surface area contributed by atoms with Crippen LogP contribution in [0.1, 0.15) is 78.6 Å². The number of hydrogen-bond acceptors (Lipinski definition) is 10. The summed E-state index contributed by atoms with van der Waals surface area (Å²) in [6.45, 7) is 34.0. The minimum atomic E-state index is -1.12. The third kappa shape index (κ3) is 63.2. The Morgan fingerprint density at radius 2 is 0.639 bits per heavy atom. The molecule has 0 aliphatic heterocycles. The van der Waals surface area contributed by atoms with E-state index in [1.54, 1.807) is 0 Å². The first kappa shape index (κ1) is 53.9. The molecule has 0 aromatic carbocycles. The van der Waals surface area contributed by atoms with Gasteiger partial charge in [-0.25, -0.2) is 0 Å². The van der Waals surface area contributed by atoms with Gasteiger partial charge in [-0.1, -0.05) is 59.8 Å². The molecule has 11 heteroatoms. The van der Waals surface area contributed by atoms with Crippen LogP contribution in [-0.2, 0) is 50.6 Å². The van der Waals surface area contributed by atoms with E-state index in [-0.39, 0.29) is 33.8 Å². The summed E-state index contributed by atoms with van der Waals surface area (Å²) in [6.07, 6.45) is 7.29. The summed E-state index contributed by atoms with van der Waals surface area (Å²) in [6, 6.07) is 0. The number of hydrogen-bond donors (Lipinski definition) is 0. The molecule has 9 radical (unpaired) electrons. The monoisotopic (exact) mass is 549 g/mol. The van der Waals surface area contributed by atoms with Crippen LogP contribution in [0.2, 0.25) is 0 Å². The van der Waals surface area contributed by atoms with Gasteiger partial charge in [-0.15, -0.1) is 0 Å². The maximum absolute atomic E-state index is 9.99. The minimum Gasteiger partial charge on any atom is -0.545 e. The normalized spacial score (nSPS) is 7.19. The number of rotatable bonds is 12. The smallest absolute Gasteiger partial charge is 0.545 e. The van der Waals surface area contributed by atoms with Crippen molar-refractivity contribution in [3.8, 4) is 0 Å². The Labute approximate surface area is 226 Å². The van der Waals surface area contributed by atoms with Crippen LogP contribution < -0.4 is 15.3 Å². The van der Waals surface area contributed by atoms with Crippen LogP contribution in [0, 0.1) is 0 Å². The first-order valence-electron chi connectivity index (χ1n) is 10.0. The van der Waals surface area contributed by atoms with Crippen LogP contribution in [0.4, 0.5) is 0 Å². The van der Waals surface area contributed by atoms with E-state index in [4.69, 9.17) is 19.2 Å². The first-order valence-corrected chi connectivity index (χ1v) is 10.0. The van der Waals surface area contributed by atoms with Gasteiger partial charge in [0.05, 0.1) is 17.9 Å². The van der Waals surface area contributed by atoms with Gasteiger partial charge in [0.1, 0.15) is 0 Å². The van der Waals surface area contributed by atoms with E-state index in [1.165, 1.54) is 0 Å². The zero-order valence-electron chi connectivity index (χ0n) is 20.9. The molecule has 201 valence electrons. The van der Waals surface area contributed by atoms with Crippen molar-refractivity contribution in [2.45, 2.75) is 78.6 Å². The Bertz CT molecular complexity index is 484. The molecule has 0 aliphatic rings. The van der Waals surface area contributed by atoms with E-state index >= 15 is 0 Å². The molecule has 0 saturated heterocycles. The molecular weight excluding hydrogens is 516 g/mol. The van der Waals surface area contributed by atoms with E-state index in [0.717, 1.165) is 38.5 Å². The van der Waals surface area contributed by atoms with E-state index in [9.17, 15) is 29.7 Å². The van der Waals surface area contributed by atoms with E-state index in [0.29, 0.717) is 19.3 Å². The van der Waals surface area contributed by atoms with Crippen molar-refractivity contribution in [1.29, 1.82) is 0 Å². The standard InChI is InChI=1S/3C7H12O2.4CO.Fe/c3*1-3-4-5-6(2)7(8)9;4*1-2;/h3*2-5H2,1H3,(H,8,9);;;;;/q;;;;;;;+3/p-3. The Morgan fingerprint density at radius 3 is 0.722 bits per heavy atom. The van der Waals surface area contributed by atoms with Gasteiger partial charge < -0.3 is 29.7 Å². The molecule has 0 aliphatic carbocycles. The number of carboxylic acids is 3. The van der Waals surface area contributed by atoms with Gasteiger partial charge in [0.2, 0.25) is 0 Å². The molecule has 0 rings (SSSR count). The van der Waals surface area contributed by atoms with Gasteiger partial charge in [-0.05, 0) is 55.2 Å². The summed E-state index contributed by atoms with van der Waals surface area (Å²) in [5, 5.41) is 30.0. The molecule has 0 aromatic heterocycles. The van der Waals surface area contributed by atoms with Crippen LogP contribution in [0.3, 0.4) is 0 Å². The minimum absolute atomic E-state index is 0. The second-order valence-corrected chi connectivity index (χ2v) is 5.98. The molecule has 0 atom stereocenters. The summed E-state index contributed by atoms with van der Waals surface area (Å²) in [5.74, 6) is -3.37. The molecule has 36 heavy (non-hydrogen) atoms. The third-order valence-electron chi connectivity index (χ3n) is 3.36. The molecule has 0 N–H and O–H groups in total. The predicted octanol–water partition coefficient (Wildman–Crippen LogP) is -0.143. The molecule has 0 amide bonds. The summed E-state index contributed by atoms with van der Waals surface area (Å²) in [5.41, 5.74) is 0.616. The van der Waals surface area contributed by atoms with Gasteiger partial charge in [-0.2, -0.15) is 0 Å². The Balaban J connectivity index is -0.0000000470. The summed E-state index contributed by atoms with van der Waals surface area (Å²) < 4.78 is 0. The van der Waals surface area contributed by atoms with Crippen molar-refractivity contribution in [3.05, 3.63) is 36.5 Å².